The van der Waals surface area contributed by atoms with Crippen molar-refractivity contribution in [3.05, 3.63) is 21.8 Å². The molecule has 0 radical (unpaired) electrons. The molecule has 0 saturated heterocycles. The van der Waals surface area contributed by atoms with E-state index in [4.69, 9.17) is 4.74 Å². The number of hydrogen-bond donors (Lipinski definition) is 0. The van der Waals surface area contributed by atoms with Gasteiger partial charge in [0.2, 0.25) is 5.88 Å². The Balaban J connectivity index is 3.22. The third kappa shape index (κ3) is 3.36. The minimum Gasteiger partial charge on any atom is -0.481 e. The minimum absolute atomic E-state index is 0.0363. The molecule has 0 aliphatic carbocycles. The summed E-state index contributed by atoms with van der Waals surface area (Å²) < 4.78 is 34.9. The molecular formula is C10H10BrF2NO3. The van der Waals surface area contributed by atoms with Gasteiger partial charge in [0.05, 0.1) is 26.2 Å². The molecule has 1 aromatic rings. The predicted octanol–water partition coefficient (Wildman–Crippen LogP) is 2.51. The quantitative estimate of drug-likeness (QED) is 0.633. The Morgan fingerprint density at radius 2 is 2.18 bits per heavy atom. The average molecular weight is 310 g/mol. The van der Waals surface area contributed by atoms with Gasteiger partial charge < -0.3 is 9.47 Å². The molecule has 0 bridgehead atoms. The monoisotopic (exact) mass is 309 g/mol. The first-order chi connectivity index (χ1) is 7.99. The van der Waals surface area contributed by atoms with Crippen molar-refractivity contribution in [2.75, 3.05) is 14.2 Å². The molecule has 0 unspecified atom stereocenters. The molecule has 17 heavy (non-hydrogen) atoms. The number of carbonyl (C=O) groups is 1. The van der Waals surface area contributed by atoms with Crippen molar-refractivity contribution in [1.29, 1.82) is 0 Å². The van der Waals surface area contributed by atoms with E-state index in [1.54, 1.807) is 0 Å². The van der Waals surface area contributed by atoms with E-state index in [0.717, 1.165) is 0 Å². The summed E-state index contributed by atoms with van der Waals surface area (Å²) in [5.74, 6) is -0.452. The molecule has 1 aromatic heterocycles. The van der Waals surface area contributed by atoms with Gasteiger partial charge in [0.25, 0.3) is 6.43 Å². The Hall–Kier alpha value is -1.24. The summed E-state index contributed by atoms with van der Waals surface area (Å²) in [5.41, 5.74) is -0.193. The Morgan fingerprint density at radius 3 is 2.65 bits per heavy atom. The lowest BCUT2D eigenvalue weighted by Gasteiger charge is -2.11. The van der Waals surface area contributed by atoms with E-state index in [0.29, 0.717) is 0 Å². The van der Waals surface area contributed by atoms with Gasteiger partial charge >= 0.3 is 5.97 Å². The summed E-state index contributed by atoms with van der Waals surface area (Å²) in [7, 11) is 2.55. The van der Waals surface area contributed by atoms with Crippen molar-refractivity contribution in [1.82, 2.24) is 4.98 Å². The van der Waals surface area contributed by atoms with Crippen LogP contribution in [0.2, 0.25) is 0 Å². The number of methoxy groups -OCH3 is 2. The zero-order valence-electron chi connectivity index (χ0n) is 9.17. The van der Waals surface area contributed by atoms with Gasteiger partial charge in [-0.15, -0.1) is 0 Å². The number of esters is 1. The van der Waals surface area contributed by atoms with Crippen molar-refractivity contribution < 1.29 is 23.0 Å². The Morgan fingerprint density at radius 1 is 1.53 bits per heavy atom. The second kappa shape index (κ2) is 5.90. The van der Waals surface area contributed by atoms with Crippen molar-refractivity contribution in [2.24, 2.45) is 0 Å². The van der Waals surface area contributed by atoms with Crippen LogP contribution in [0.15, 0.2) is 10.7 Å². The molecule has 0 spiro atoms. The normalized spacial score (nSPS) is 10.5. The number of aromatic nitrogens is 1. The van der Waals surface area contributed by atoms with E-state index in [9.17, 15) is 13.6 Å². The first-order valence-corrected chi connectivity index (χ1v) is 5.37. The largest absolute Gasteiger partial charge is 0.481 e. The molecule has 0 aliphatic heterocycles. The van der Waals surface area contributed by atoms with Crippen molar-refractivity contribution >= 4 is 21.9 Å². The van der Waals surface area contributed by atoms with Crippen LogP contribution >= 0.6 is 15.9 Å². The fraction of sp³-hybridized carbons (Fsp3) is 0.400. The van der Waals surface area contributed by atoms with Gasteiger partial charge in [0.1, 0.15) is 4.60 Å². The second-order valence-corrected chi connectivity index (χ2v) is 3.83. The third-order valence-electron chi connectivity index (χ3n) is 2.06. The molecule has 0 aliphatic rings. The van der Waals surface area contributed by atoms with E-state index in [-0.39, 0.29) is 28.0 Å². The smallest absolute Gasteiger partial charge is 0.309 e. The topological polar surface area (TPSA) is 48.4 Å². The molecule has 0 atom stereocenters. The molecule has 0 fully saturated rings. The number of pyridine rings is 1. The van der Waals surface area contributed by atoms with Crippen molar-refractivity contribution in [2.45, 2.75) is 12.8 Å². The van der Waals surface area contributed by atoms with Gasteiger partial charge in [-0.2, -0.15) is 0 Å². The first kappa shape index (κ1) is 13.8. The second-order valence-electron chi connectivity index (χ2n) is 3.08. The minimum atomic E-state index is -2.73. The zero-order chi connectivity index (χ0) is 13.0. The lowest BCUT2D eigenvalue weighted by molar-refractivity contribution is -0.139. The maximum Gasteiger partial charge on any atom is 0.309 e. The van der Waals surface area contributed by atoms with Crippen LogP contribution < -0.4 is 4.74 Å². The standard InChI is InChI=1S/C10H10BrF2NO3/c1-16-6-3-5(4-7(15)17-2)8(10(12)13)9(11)14-6/h3,10H,4H2,1-2H3. The molecule has 0 amide bonds. The van der Waals surface area contributed by atoms with Crippen LogP contribution in [-0.4, -0.2) is 25.2 Å². The highest BCUT2D eigenvalue weighted by Crippen LogP contribution is 2.32. The van der Waals surface area contributed by atoms with Crippen LogP contribution in [0.4, 0.5) is 8.78 Å². The highest BCUT2D eigenvalue weighted by Gasteiger charge is 2.21. The van der Waals surface area contributed by atoms with E-state index in [1.165, 1.54) is 20.3 Å². The van der Waals surface area contributed by atoms with Crippen LogP contribution in [0, 0.1) is 0 Å². The highest BCUT2D eigenvalue weighted by atomic mass is 79.9. The summed E-state index contributed by atoms with van der Waals surface area (Å²) in [6.07, 6.45) is -2.99. The van der Waals surface area contributed by atoms with Gasteiger partial charge in [-0.1, -0.05) is 0 Å². The zero-order valence-corrected chi connectivity index (χ0v) is 10.8. The maximum atomic E-state index is 12.8. The van der Waals surface area contributed by atoms with Crippen LogP contribution in [-0.2, 0) is 16.0 Å². The number of carbonyl (C=O) groups excluding carboxylic acids is 1. The molecule has 0 saturated carbocycles. The molecule has 4 nitrogen and oxygen atoms in total. The SMILES string of the molecule is COC(=O)Cc1cc(OC)nc(Br)c1C(F)F. The lowest BCUT2D eigenvalue weighted by atomic mass is 10.1. The van der Waals surface area contributed by atoms with Crippen LogP contribution in [0.1, 0.15) is 17.6 Å². The van der Waals surface area contributed by atoms with Gasteiger partial charge in [-0.05, 0) is 21.5 Å². The number of halogens is 3. The number of ether oxygens (including phenoxy) is 2. The van der Waals surface area contributed by atoms with Crippen LogP contribution in [0.5, 0.6) is 5.88 Å². The van der Waals surface area contributed by atoms with E-state index in [2.05, 4.69) is 25.7 Å². The Labute approximate surface area is 105 Å². The summed E-state index contributed by atoms with van der Waals surface area (Å²) >= 11 is 2.93. The summed E-state index contributed by atoms with van der Waals surface area (Å²) in [6, 6.07) is 1.29. The fourth-order valence-electron chi connectivity index (χ4n) is 1.26. The highest BCUT2D eigenvalue weighted by molar-refractivity contribution is 9.10. The van der Waals surface area contributed by atoms with Crippen molar-refractivity contribution in [3.63, 3.8) is 0 Å². The summed E-state index contributed by atoms with van der Waals surface area (Å²) in [5, 5.41) is 0. The van der Waals surface area contributed by atoms with Crippen LogP contribution in [0.25, 0.3) is 0 Å². The molecule has 0 aromatic carbocycles. The Bertz CT molecular complexity index is 426. The molecule has 0 N–H and O–H groups in total. The molecular weight excluding hydrogens is 300 g/mol. The average Bonchev–Trinajstić information content (AvgIpc) is 2.27. The van der Waals surface area contributed by atoms with Crippen LogP contribution in [0.3, 0.4) is 0 Å². The summed E-state index contributed by atoms with van der Waals surface area (Å²) in [6.45, 7) is 0. The summed E-state index contributed by atoms with van der Waals surface area (Å²) in [4.78, 5) is 14.9. The molecule has 1 heterocycles. The van der Waals surface area contributed by atoms with E-state index < -0.39 is 12.4 Å². The fourth-order valence-corrected chi connectivity index (χ4v) is 1.86. The number of nitrogens with zero attached hydrogens (tertiary/aromatic N) is 1. The third-order valence-corrected chi connectivity index (χ3v) is 2.67. The van der Waals surface area contributed by atoms with Crippen molar-refractivity contribution in [3.8, 4) is 5.88 Å². The van der Waals surface area contributed by atoms with E-state index in [1.807, 2.05) is 0 Å². The van der Waals surface area contributed by atoms with Gasteiger partial charge in [0.15, 0.2) is 0 Å². The lowest BCUT2D eigenvalue weighted by Crippen LogP contribution is -2.09. The first-order valence-electron chi connectivity index (χ1n) is 4.57. The molecule has 94 valence electrons. The molecule has 1 rings (SSSR count). The number of alkyl halides is 2. The predicted molar refractivity (Wildman–Crippen MR) is 59.2 cm³/mol. The Kier molecular flexibility index (Phi) is 4.80. The number of rotatable bonds is 4. The maximum absolute atomic E-state index is 12.8. The van der Waals surface area contributed by atoms with Gasteiger partial charge in [-0.25, -0.2) is 13.8 Å². The number of hydrogen-bond acceptors (Lipinski definition) is 4. The van der Waals surface area contributed by atoms with Gasteiger partial charge in [-0.3, -0.25) is 4.79 Å². The van der Waals surface area contributed by atoms with Gasteiger partial charge in [0, 0.05) is 6.07 Å². The van der Waals surface area contributed by atoms with E-state index >= 15 is 0 Å². The molecule has 7 heteroatoms.